The van der Waals surface area contributed by atoms with Gasteiger partial charge >= 0.3 is 0 Å². The quantitative estimate of drug-likeness (QED) is 0.615. The summed E-state index contributed by atoms with van der Waals surface area (Å²) in [5, 5.41) is 0. The van der Waals surface area contributed by atoms with Gasteiger partial charge in [0.25, 0.3) is 0 Å². The summed E-state index contributed by atoms with van der Waals surface area (Å²) in [6, 6.07) is 23.1. The lowest BCUT2D eigenvalue weighted by Gasteiger charge is -2.39. The van der Waals surface area contributed by atoms with Crippen LogP contribution in [0, 0.1) is 11.6 Å². The zero-order valence-electron chi connectivity index (χ0n) is 16.3. The number of piperazine rings is 1. The predicted octanol–water partition coefficient (Wildman–Crippen LogP) is 4.06. The summed E-state index contributed by atoms with van der Waals surface area (Å²) in [6.45, 7) is 1.21. The lowest BCUT2D eigenvalue weighted by molar-refractivity contribution is 0.155. The monoisotopic (exact) mass is 428 g/mol. The highest BCUT2D eigenvalue weighted by molar-refractivity contribution is 7.89. The number of halogens is 2. The van der Waals surface area contributed by atoms with E-state index in [2.05, 4.69) is 29.2 Å². The van der Waals surface area contributed by atoms with Gasteiger partial charge in [-0.1, -0.05) is 66.7 Å². The SMILES string of the molecule is O=S(=O)(c1c(F)cccc1F)N1CCN(C(c2ccccc2)c2ccccc2)CC1. The van der Waals surface area contributed by atoms with Crippen molar-refractivity contribution in [2.75, 3.05) is 26.2 Å². The molecule has 1 aliphatic heterocycles. The number of rotatable bonds is 5. The fourth-order valence-corrected chi connectivity index (χ4v) is 5.48. The maximum Gasteiger partial charge on any atom is 0.249 e. The van der Waals surface area contributed by atoms with Crippen molar-refractivity contribution in [1.29, 1.82) is 0 Å². The van der Waals surface area contributed by atoms with Gasteiger partial charge in [-0.15, -0.1) is 0 Å². The van der Waals surface area contributed by atoms with E-state index in [4.69, 9.17) is 0 Å². The van der Waals surface area contributed by atoms with Crippen molar-refractivity contribution in [3.8, 4) is 0 Å². The molecule has 0 radical (unpaired) electrons. The van der Waals surface area contributed by atoms with E-state index in [-0.39, 0.29) is 19.1 Å². The summed E-state index contributed by atoms with van der Waals surface area (Å²) in [4.78, 5) is 1.33. The Balaban J connectivity index is 1.58. The summed E-state index contributed by atoms with van der Waals surface area (Å²) < 4.78 is 55.1. The molecule has 3 aromatic rings. The Bertz CT molecular complexity index is 1040. The van der Waals surface area contributed by atoms with Gasteiger partial charge in [-0.3, -0.25) is 4.90 Å². The molecule has 4 rings (SSSR count). The van der Waals surface area contributed by atoms with Crippen molar-refractivity contribution in [3.05, 3.63) is 102 Å². The summed E-state index contributed by atoms with van der Waals surface area (Å²) >= 11 is 0. The van der Waals surface area contributed by atoms with Crippen LogP contribution in [0.2, 0.25) is 0 Å². The van der Waals surface area contributed by atoms with E-state index in [0.717, 1.165) is 33.6 Å². The molecular formula is C23H22F2N2O2S. The largest absolute Gasteiger partial charge is 0.290 e. The van der Waals surface area contributed by atoms with Crippen LogP contribution in [0.4, 0.5) is 8.78 Å². The van der Waals surface area contributed by atoms with Crippen LogP contribution < -0.4 is 0 Å². The second-order valence-electron chi connectivity index (χ2n) is 7.21. The molecule has 1 fully saturated rings. The minimum absolute atomic E-state index is 0.0255. The molecule has 1 heterocycles. The highest BCUT2D eigenvalue weighted by Crippen LogP contribution is 2.31. The van der Waals surface area contributed by atoms with E-state index in [1.807, 2.05) is 36.4 Å². The molecule has 30 heavy (non-hydrogen) atoms. The number of sulfonamides is 1. The molecular weight excluding hydrogens is 406 g/mol. The summed E-state index contributed by atoms with van der Waals surface area (Å²) in [7, 11) is -4.25. The summed E-state index contributed by atoms with van der Waals surface area (Å²) in [5.74, 6) is -2.13. The van der Waals surface area contributed by atoms with Gasteiger partial charge < -0.3 is 0 Å². The molecule has 0 bridgehead atoms. The van der Waals surface area contributed by atoms with Crippen molar-refractivity contribution in [3.63, 3.8) is 0 Å². The smallest absolute Gasteiger partial charge is 0.249 e. The van der Waals surface area contributed by atoms with Crippen LogP contribution >= 0.6 is 0 Å². The van der Waals surface area contributed by atoms with E-state index in [1.54, 1.807) is 0 Å². The lowest BCUT2D eigenvalue weighted by atomic mass is 9.96. The molecule has 0 N–H and O–H groups in total. The van der Waals surface area contributed by atoms with Gasteiger partial charge in [0.05, 0.1) is 6.04 Å². The fourth-order valence-electron chi connectivity index (χ4n) is 3.94. The third-order valence-electron chi connectivity index (χ3n) is 5.39. The topological polar surface area (TPSA) is 40.6 Å². The minimum Gasteiger partial charge on any atom is -0.290 e. The number of hydrogen-bond donors (Lipinski definition) is 0. The Morgan fingerprint density at radius 3 is 1.60 bits per heavy atom. The van der Waals surface area contributed by atoms with Crippen molar-refractivity contribution in [2.24, 2.45) is 0 Å². The van der Waals surface area contributed by atoms with Crippen LogP contribution in [0.25, 0.3) is 0 Å². The molecule has 1 aliphatic rings. The van der Waals surface area contributed by atoms with Gasteiger partial charge in [0.2, 0.25) is 10.0 Å². The first-order chi connectivity index (χ1) is 14.5. The van der Waals surface area contributed by atoms with Gasteiger partial charge in [-0.25, -0.2) is 17.2 Å². The second-order valence-corrected chi connectivity index (χ2v) is 9.09. The first-order valence-corrected chi connectivity index (χ1v) is 11.2. The van der Waals surface area contributed by atoms with E-state index in [1.165, 1.54) is 0 Å². The Labute approximate surface area is 175 Å². The minimum atomic E-state index is -4.25. The van der Waals surface area contributed by atoms with Gasteiger partial charge in [0, 0.05) is 26.2 Å². The van der Waals surface area contributed by atoms with Crippen LogP contribution in [-0.4, -0.2) is 43.8 Å². The first kappa shape index (κ1) is 20.7. The van der Waals surface area contributed by atoms with Gasteiger partial charge in [0.1, 0.15) is 11.6 Å². The predicted molar refractivity (Wildman–Crippen MR) is 111 cm³/mol. The van der Waals surface area contributed by atoms with E-state index < -0.39 is 26.6 Å². The Morgan fingerprint density at radius 1 is 0.667 bits per heavy atom. The van der Waals surface area contributed by atoms with Crippen LogP contribution in [0.15, 0.2) is 83.8 Å². The second kappa shape index (κ2) is 8.63. The molecule has 0 aromatic heterocycles. The zero-order valence-corrected chi connectivity index (χ0v) is 17.1. The number of benzene rings is 3. The standard InChI is InChI=1S/C23H22F2N2O2S/c24-20-12-7-13-21(25)23(20)30(28,29)27-16-14-26(15-17-27)22(18-8-3-1-4-9-18)19-10-5-2-6-11-19/h1-13,22H,14-17H2. The Hall–Kier alpha value is -2.61. The fraction of sp³-hybridized carbons (Fsp3) is 0.217. The molecule has 7 heteroatoms. The van der Waals surface area contributed by atoms with E-state index >= 15 is 0 Å². The molecule has 156 valence electrons. The molecule has 0 saturated carbocycles. The molecule has 1 saturated heterocycles. The summed E-state index contributed by atoms with van der Waals surface area (Å²) in [6.07, 6.45) is 0. The summed E-state index contributed by atoms with van der Waals surface area (Å²) in [5.41, 5.74) is 2.22. The number of hydrogen-bond acceptors (Lipinski definition) is 3. The molecule has 0 amide bonds. The molecule has 4 nitrogen and oxygen atoms in total. The normalized spacial score (nSPS) is 16.1. The van der Waals surface area contributed by atoms with Gasteiger partial charge in [0.15, 0.2) is 4.90 Å². The van der Waals surface area contributed by atoms with Gasteiger partial charge in [-0.05, 0) is 23.3 Å². The van der Waals surface area contributed by atoms with E-state index in [9.17, 15) is 17.2 Å². The van der Waals surface area contributed by atoms with Crippen molar-refractivity contribution in [1.82, 2.24) is 9.21 Å². The average molecular weight is 429 g/mol. The molecule has 0 spiro atoms. The first-order valence-electron chi connectivity index (χ1n) is 9.76. The maximum absolute atomic E-state index is 14.1. The molecule has 0 atom stereocenters. The Morgan fingerprint density at radius 2 is 1.13 bits per heavy atom. The highest BCUT2D eigenvalue weighted by atomic mass is 32.2. The third-order valence-corrected chi connectivity index (χ3v) is 7.34. The van der Waals surface area contributed by atoms with Crippen molar-refractivity contribution < 1.29 is 17.2 Å². The average Bonchev–Trinajstić information content (AvgIpc) is 2.76. The van der Waals surface area contributed by atoms with E-state index in [0.29, 0.717) is 13.1 Å². The Kier molecular flexibility index (Phi) is 5.94. The third kappa shape index (κ3) is 4.01. The highest BCUT2D eigenvalue weighted by Gasteiger charge is 2.35. The lowest BCUT2D eigenvalue weighted by Crippen LogP contribution is -2.50. The van der Waals surface area contributed by atoms with Crippen LogP contribution in [-0.2, 0) is 10.0 Å². The van der Waals surface area contributed by atoms with Crippen molar-refractivity contribution >= 4 is 10.0 Å². The van der Waals surface area contributed by atoms with Crippen LogP contribution in [0.1, 0.15) is 17.2 Å². The molecule has 0 aliphatic carbocycles. The van der Waals surface area contributed by atoms with Crippen molar-refractivity contribution in [2.45, 2.75) is 10.9 Å². The zero-order chi connectivity index (χ0) is 21.1. The van der Waals surface area contributed by atoms with Gasteiger partial charge in [-0.2, -0.15) is 4.31 Å². The van der Waals surface area contributed by atoms with Crippen LogP contribution in [0.5, 0.6) is 0 Å². The molecule has 3 aromatic carbocycles. The van der Waals surface area contributed by atoms with Crippen LogP contribution in [0.3, 0.4) is 0 Å². The maximum atomic E-state index is 14.1. The number of nitrogens with zero attached hydrogens (tertiary/aromatic N) is 2. The molecule has 0 unspecified atom stereocenters.